The summed E-state index contributed by atoms with van der Waals surface area (Å²) in [6.45, 7) is 2.74. The third-order valence-electron chi connectivity index (χ3n) is 6.39. The Morgan fingerprint density at radius 2 is 1.77 bits per heavy atom. The fourth-order valence-electron chi connectivity index (χ4n) is 5.14. The van der Waals surface area contributed by atoms with E-state index in [-0.39, 0.29) is 24.0 Å². The van der Waals surface area contributed by atoms with Gasteiger partial charge in [-0.1, -0.05) is 79.7 Å². The first-order valence-corrected chi connectivity index (χ1v) is 10.6. The average molecular weight is 403 g/mol. The molecule has 2 saturated heterocycles. The fourth-order valence-corrected chi connectivity index (χ4v) is 5.14. The number of carbonyl (C=O) groups is 2. The van der Waals surface area contributed by atoms with Crippen molar-refractivity contribution in [3.63, 3.8) is 0 Å². The molecule has 5 rings (SSSR count). The maximum absolute atomic E-state index is 13.8. The summed E-state index contributed by atoms with van der Waals surface area (Å²) < 4.78 is 11.7. The molecule has 1 spiro atoms. The van der Waals surface area contributed by atoms with E-state index in [1.165, 1.54) is 0 Å². The number of carbonyl (C=O) groups excluding carboxylic acids is 2. The van der Waals surface area contributed by atoms with Crippen molar-refractivity contribution in [3.8, 4) is 0 Å². The maximum Gasteiger partial charge on any atom is 0.312 e. The molecule has 154 valence electrons. The molecule has 3 aliphatic heterocycles. The molecule has 0 unspecified atom stereocenters. The summed E-state index contributed by atoms with van der Waals surface area (Å²) in [6, 6.07) is 19.8. The summed E-state index contributed by atoms with van der Waals surface area (Å²) in [5, 5.41) is 0. The van der Waals surface area contributed by atoms with Gasteiger partial charge in [-0.25, -0.2) is 0 Å². The van der Waals surface area contributed by atoms with E-state index in [2.05, 4.69) is 0 Å². The summed E-state index contributed by atoms with van der Waals surface area (Å²) in [5.41, 5.74) is 1.33. The van der Waals surface area contributed by atoms with Crippen molar-refractivity contribution in [2.75, 3.05) is 13.2 Å². The third kappa shape index (κ3) is 2.88. The first kappa shape index (κ1) is 19.1. The molecule has 3 aliphatic rings. The number of hydrogen-bond acceptors (Lipinski definition) is 4. The van der Waals surface area contributed by atoms with Crippen LogP contribution in [0.3, 0.4) is 0 Å². The number of benzene rings is 2. The highest BCUT2D eigenvalue weighted by Gasteiger charge is 2.68. The topological polar surface area (TPSA) is 55.8 Å². The van der Waals surface area contributed by atoms with Crippen molar-refractivity contribution in [1.82, 2.24) is 4.90 Å². The SMILES string of the molecule is CCCOC(=O)[C@H]1[C@H]2C(=O)N(C(c3ccccc3)c3ccccc3)C[C@@]23C=C[C@H]1O3. The molecule has 5 nitrogen and oxygen atoms in total. The van der Waals surface area contributed by atoms with Crippen molar-refractivity contribution in [2.24, 2.45) is 11.8 Å². The van der Waals surface area contributed by atoms with Crippen LogP contribution < -0.4 is 0 Å². The van der Waals surface area contributed by atoms with Crippen LogP contribution in [0.4, 0.5) is 0 Å². The van der Waals surface area contributed by atoms with Gasteiger partial charge in [0, 0.05) is 0 Å². The number of fused-ring (bicyclic) bond motifs is 1. The minimum absolute atomic E-state index is 0.0435. The van der Waals surface area contributed by atoms with Crippen molar-refractivity contribution in [3.05, 3.63) is 83.9 Å². The minimum atomic E-state index is -0.751. The first-order chi connectivity index (χ1) is 14.6. The van der Waals surface area contributed by atoms with E-state index in [0.717, 1.165) is 17.5 Å². The second kappa shape index (κ2) is 7.40. The van der Waals surface area contributed by atoms with Crippen LogP contribution in [0, 0.1) is 11.8 Å². The van der Waals surface area contributed by atoms with Crippen LogP contribution in [0.5, 0.6) is 0 Å². The van der Waals surface area contributed by atoms with Gasteiger partial charge in [0.15, 0.2) is 0 Å². The summed E-state index contributed by atoms with van der Waals surface area (Å²) in [5.74, 6) is -1.49. The molecule has 0 aliphatic carbocycles. The zero-order valence-electron chi connectivity index (χ0n) is 16.9. The minimum Gasteiger partial charge on any atom is -0.465 e. The van der Waals surface area contributed by atoms with Crippen molar-refractivity contribution < 1.29 is 19.1 Å². The zero-order chi connectivity index (χ0) is 20.7. The predicted octanol–water partition coefficient (Wildman–Crippen LogP) is 3.51. The van der Waals surface area contributed by atoms with E-state index in [1.54, 1.807) is 0 Å². The molecule has 3 heterocycles. The predicted molar refractivity (Wildman–Crippen MR) is 111 cm³/mol. The smallest absolute Gasteiger partial charge is 0.312 e. The lowest BCUT2D eigenvalue weighted by atomic mass is 9.77. The average Bonchev–Trinajstić information content (AvgIpc) is 3.42. The molecule has 2 fully saturated rings. The molecule has 30 heavy (non-hydrogen) atoms. The van der Waals surface area contributed by atoms with Gasteiger partial charge in [0.2, 0.25) is 5.91 Å². The Kier molecular flexibility index (Phi) is 4.70. The molecule has 1 amide bonds. The standard InChI is InChI=1S/C25H25NO4/c1-2-15-29-24(28)20-19-13-14-25(30-19)16-26(23(27)21(20)25)22(17-9-5-3-6-10-17)18-11-7-4-8-12-18/h3-14,19-22H,2,15-16H2,1H3/t19-,20-,21+,25+/m1/s1. The monoisotopic (exact) mass is 403 g/mol. The largest absolute Gasteiger partial charge is 0.465 e. The quantitative estimate of drug-likeness (QED) is 0.547. The summed E-state index contributed by atoms with van der Waals surface area (Å²) in [4.78, 5) is 28.4. The molecule has 0 saturated carbocycles. The highest BCUT2D eigenvalue weighted by Crippen LogP contribution is 2.54. The van der Waals surface area contributed by atoms with Crippen molar-refractivity contribution in [2.45, 2.75) is 31.1 Å². The number of amides is 1. The Morgan fingerprint density at radius 1 is 1.13 bits per heavy atom. The molecule has 5 heteroatoms. The van der Waals surface area contributed by atoms with Crippen molar-refractivity contribution >= 4 is 11.9 Å². The lowest BCUT2D eigenvalue weighted by Gasteiger charge is -2.31. The van der Waals surface area contributed by atoms with Gasteiger partial charge in [-0.2, -0.15) is 0 Å². The molecule has 2 aromatic rings. The highest BCUT2D eigenvalue weighted by atomic mass is 16.6. The van der Waals surface area contributed by atoms with E-state index in [9.17, 15) is 9.59 Å². The van der Waals surface area contributed by atoms with Gasteiger partial charge in [-0.05, 0) is 17.5 Å². The molecule has 0 N–H and O–H groups in total. The maximum atomic E-state index is 13.8. The molecular formula is C25H25NO4. The first-order valence-electron chi connectivity index (χ1n) is 10.6. The second-order valence-electron chi connectivity index (χ2n) is 8.26. The van der Waals surface area contributed by atoms with E-state index in [1.807, 2.05) is 84.6 Å². The van der Waals surface area contributed by atoms with Gasteiger partial charge in [-0.3, -0.25) is 9.59 Å². The number of nitrogens with zero attached hydrogens (tertiary/aromatic N) is 1. The van der Waals surface area contributed by atoms with Crippen LogP contribution in [0.25, 0.3) is 0 Å². The van der Waals surface area contributed by atoms with Crippen LogP contribution in [-0.2, 0) is 19.1 Å². The Bertz CT molecular complexity index is 934. The van der Waals surface area contributed by atoms with Gasteiger partial charge >= 0.3 is 5.97 Å². The lowest BCUT2D eigenvalue weighted by molar-refractivity contribution is -0.154. The molecular weight excluding hydrogens is 378 g/mol. The van der Waals surface area contributed by atoms with E-state index >= 15 is 0 Å². The second-order valence-corrected chi connectivity index (χ2v) is 8.26. The summed E-state index contributed by atoms with van der Waals surface area (Å²) in [6.07, 6.45) is 4.28. The van der Waals surface area contributed by atoms with Crippen LogP contribution in [0.15, 0.2) is 72.8 Å². The van der Waals surface area contributed by atoms with Gasteiger partial charge in [0.1, 0.15) is 11.5 Å². The van der Waals surface area contributed by atoms with Gasteiger partial charge in [0.05, 0.1) is 31.2 Å². The number of rotatable bonds is 6. The van der Waals surface area contributed by atoms with E-state index < -0.39 is 17.4 Å². The molecule has 2 aromatic carbocycles. The van der Waals surface area contributed by atoms with E-state index in [0.29, 0.717) is 13.2 Å². The Hall–Kier alpha value is -2.92. The van der Waals surface area contributed by atoms with E-state index in [4.69, 9.17) is 9.47 Å². The number of ether oxygens (including phenoxy) is 2. The highest BCUT2D eigenvalue weighted by molar-refractivity contribution is 5.91. The third-order valence-corrected chi connectivity index (χ3v) is 6.39. The van der Waals surface area contributed by atoms with Crippen LogP contribution in [0.2, 0.25) is 0 Å². The van der Waals surface area contributed by atoms with Gasteiger partial charge < -0.3 is 14.4 Å². The van der Waals surface area contributed by atoms with Gasteiger partial charge in [-0.15, -0.1) is 0 Å². The molecule has 2 bridgehead atoms. The van der Waals surface area contributed by atoms with Gasteiger partial charge in [0.25, 0.3) is 0 Å². The lowest BCUT2D eigenvalue weighted by Crippen LogP contribution is -2.40. The number of esters is 1. The molecule has 0 aromatic heterocycles. The zero-order valence-corrected chi connectivity index (χ0v) is 16.9. The summed E-state index contributed by atoms with van der Waals surface area (Å²) >= 11 is 0. The van der Waals surface area contributed by atoms with Crippen LogP contribution in [0.1, 0.15) is 30.5 Å². The summed E-state index contributed by atoms with van der Waals surface area (Å²) in [7, 11) is 0. The van der Waals surface area contributed by atoms with Crippen LogP contribution in [-0.4, -0.2) is 41.6 Å². The van der Waals surface area contributed by atoms with Crippen molar-refractivity contribution in [1.29, 1.82) is 0 Å². The normalized spacial score (nSPS) is 28.9. The Balaban J connectivity index is 1.52. The molecule has 0 radical (unpaired) electrons. The Labute approximate surface area is 176 Å². The number of hydrogen-bond donors (Lipinski definition) is 0. The Morgan fingerprint density at radius 3 is 2.37 bits per heavy atom. The fraction of sp³-hybridized carbons (Fsp3) is 0.360. The molecule has 4 atom stereocenters. The number of likely N-dealkylation sites (tertiary alicyclic amines) is 1. The van der Waals surface area contributed by atoms with Crippen LogP contribution >= 0.6 is 0 Å².